The summed E-state index contributed by atoms with van der Waals surface area (Å²) in [4.78, 5) is 33.8. The van der Waals surface area contributed by atoms with Crippen molar-refractivity contribution < 1.29 is 14.3 Å². The standard InChI is InChI=1S/C21H30N4O3/c1-28-18-5-2-10-22-19(18)21(27)24-12-8-17(9-13-24)25-11-3-4-15(14-25)20(26)23-16-6-7-16/h2,5,10,15-17H,3-4,6-9,11-14H2,1H3,(H,23,26)/t15-/m0/s1. The molecule has 0 unspecified atom stereocenters. The van der Waals surface area contributed by atoms with E-state index < -0.39 is 0 Å². The number of hydrogen-bond donors (Lipinski definition) is 1. The lowest BCUT2D eigenvalue weighted by atomic mass is 9.93. The molecule has 3 fully saturated rings. The lowest BCUT2D eigenvalue weighted by Crippen LogP contribution is -2.51. The summed E-state index contributed by atoms with van der Waals surface area (Å²) in [7, 11) is 1.56. The minimum atomic E-state index is -0.0590. The number of likely N-dealkylation sites (tertiary alicyclic amines) is 2. The molecule has 28 heavy (non-hydrogen) atoms. The Labute approximate surface area is 166 Å². The molecule has 3 aliphatic rings. The summed E-state index contributed by atoms with van der Waals surface area (Å²) < 4.78 is 5.28. The molecular weight excluding hydrogens is 356 g/mol. The Kier molecular flexibility index (Phi) is 5.80. The third-order valence-corrected chi connectivity index (χ3v) is 6.21. The monoisotopic (exact) mass is 386 g/mol. The zero-order valence-corrected chi connectivity index (χ0v) is 16.6. The molecule has 1 N–H and O–H groups in total. The van der Waals surface area contributed by atoms with Crippen LogP contribution in [-0.4, -0.2) is 72.0 Å². The van der Waals surface area contributed by atoms with Crippen molar-refractivity contribution in [1.29, 1.82) is 0 Å². The smallest absolute Gasteiger partial charge is 0.276 e. The van der Waals surface area contributed by atoms with Gasteiger partial charge in [-0.05, 0) is 57.2 Å². The van der Waals surface area contributed by atoms with Gasteiger partial charge in [-0.25, -0.2) is 4.98 Å². The molecule has 2 aliphatic heterocycles. The Hall–Kier alpha value is -2.15. The maximum Gasteiger partial charge on any atom is 0.276 e. The average Bonchev–Trinajstić information content (AvgIpc) is 3.57. The molecule has 1 saturated carbocycles. The molecule has 0 spiro atoms. The quantitative estimate of drug-likeness (QED) is 0.834. The zero-order chi connectivity index (χ0) is 19.5. The van der Waals surface area contributed by atoms with Gasteiger partial charge in [-0.2, -0.15) is 0 Å². The first-order valence-electron chi connectivity index (χ1n) is 10.5. The molecule has 0 bridgehead atoms. The third-order valence-electron chi connectivity index (χ3n) is 6.21. The number of ether oxygens (including phenoxy) is 1. The SMILES string of the molecule is COc1cccnc1C(=O)N1CCC(N2CCC[C@H](C(=O)NC3CC3)C2)CC1. The summed E-state index contributed by atoms with van der Waals surface area (Å²) in [6, 6.07) is 4.42. The van der Waals surface area contributed by atoms with Crippen LogP contribution in [0.3, 0.4) is 0 Å². The Morgan fingerprint density at radius 1 is 1.14 bits per heavy atom. The number of aromatic nitrogens is 1. The van der Waals surface area contributed by atoms with E-state index in [0.717, 1.165) is 64.7 Å². The van der Waals surface area contributed by atoms with Crippen molar-refractivity contribution in [2.45, 2.75) is 50.6 Å². The Morgan fingerprint density at radius 3 is 2.64 bits per heavy atom. The summed E-state index contributed by atoms with van der Waals surface area (Å²) >= 11 is 0. The molecule has 3 heterocycles. The lowest BCUT2D eigenvalue weighted by Gasteiger charge is -2.42. The molecule has 1 aromatic rings. The molecule has 2 amide bonds. The highest BCUT2D eigenvalue weighted by molar-refractivity contribution is 5.95. The molecule has 152 valence electrons. The number of hydrogen-bond acceptors (Lipinski definition) is 5. The molecule has 0 radical (unpaired) electrons. The molecule has 2 saturated heterocycles. The highest BCUT2D eigenvalue weighted by Gasteiger charge is 2.34. The van der Waals surface area contributed by atoms with Crippen LogP contribution in [0.4, 0.5) is 0 Å². The Balaban J connectivity index is 1.31. The summed E-state index contributed by atoms with van der Waals surface area (Å²) in [5.74, 6) is 0.820. The maximum atomic E-state index is 12.8. The minimum absolute atomic E-state index is 0.0590. The molecule has 7 nitrogen and oxygen atoms in total. The number of amides is 2. The van der Waals surface area contributed by atoms with Crippen molar-refractivity contribution in [3.8, 4) is 5.75 Å². The predicted molar refractivity (Wildman–Crippen MR) is 105 cm³/mol. The predicted octanol–water partition coefficient (Wildman–Crippen LogP) is 1.69. The van der Waals surface area contributed by atoms with Crippen molar-refractivity contribution >= 4 is 11.8 Å². The lowest BCUT2D eigenvalue weighted by molar-refractivity contribution is -0.127. The summed E-state index contributed by atoms with van der Waals surface area (Å²) in [6.45, 7) is 3.35. The first kappa shape index (κ1) is 19.2. The van der Waals surface area contributed by atoms with E-state index in [1.54, 1.807) is 25.4 Å². The van der Waals surface area contributed by atoms with Crippen LogP contribution in [0, 0.1) is 5.92 Å². The molecule has 1 aliphatic carbocycles. The normalized spacial score (nSPS) is 24.0. The largest absolute Gasteiger partial charge is 0.494 e. The van der Waals surface area contributed by atoms with Crippen LogP contribution in [0.25, 0.3) is 0 Å². The van der Waals surface area contributed by atoms with E-state index in [0.29, 0.717) is 23.5 Å². The fraction of sp³-hybridized carbons (Fsp3) is 0.667. The second-order valence-electron chi connectivity index (χ2n) is 8.19. The van der Waals surface area contributed by atoms with Crippen molar-refractivity contribution in [3.05, 3.63) is 24.0 Å². The van der Waals surface area contributed by atoms with Gasteiger partial charge >= 0.3 is 0 Å². The molecule has 1 aromatic heterocycles. The van der Waals surface area contributed by atoms with Crippen molar-refractivity contribution in [3.63, 3.8) is 0 Å². The number of nitrogens with zero attached hydrogens (tertiary/aromatic N) is 3. The number of nitrogens with one attached hydrogen (secondary N) is 1. The zero-order valence-electron chi connectivity index (χ0n) is 16.6. The third kappa shape index (κ3) is 4.29. The van der Waals surface area contributed by atoms with E-state index in [9.17, 15) is 9.59 Å². The maximum absolute atomic E-state index is 12.8. The van der Waals surface area contributed by atoms with Gasteiger partial charge < -0.3 is 15.0 Å². The van der Waals surface area contributed by atoms with Crippen molar-refractivity contribution in [2.24, 2.45) is 5.92 Å². The molecule has 4 rings (SSSR count). The van der Waals surface area contributed by atoms with Gasteiger partial charge in [0.1, 0.15) is 5.75 Å². The van der Waals surface area contributed by atoms with Gasteiger partial charge in [-0.1, -0.05) is 0 Å². The van der Waals surface area contributed by atoms with Gasteiger partial charge in [-0.3, -0.25) is 14.5 Å². The van der Waals surface area contributed by atoms with Crippen LogP contribution >= 0.6 is 0 Å². The first-order valence-corrected chi connectivity index (χ1v) is 10.5. The molecule has 1 atom stereocenters. The number of carbonyl (C=O) groups excluding carboxylic acids is 2. The first-order chi connectivity index (χ1) is 13.7. The summed E-state index contributed by atoms with van der Waals surface area (Å²) in [5.41, 5.74) is 0.387. The van der Waals surface area contributed by atoms with E-state index in [1.165, 1.54) is 0 Å². The van der Waals surface area contributed by atoms with Crippen LogP contribution in [-0.2, 0) is 4.79 Å². The minimum Gasteiger partial charge on any atom is -0.494 e. The Bertz CT molecular complexity index is 713. The van der Waals surface area contributed by atoms with Gasteiger partial charge in [-0.15, -0.1) is 0 Å². The summed E-state index contributed by atoms with van der Waals surface area (Å²) in [5, 5.41) is 3.16. The second kappa shape index (κ2) is 8.47. The van der Waals surface area contributed by atoms with Crippen LogP contribution in [0.15, 0.2) is 18.3 Å². The van der Waals surface area contributed by atoms with E-state index in [-0.39, 0.29) is 17.7 Å². The molecular formula is C21H30N4O3. The topological polar surface area (TPSA) is 74.8 Å². The van der Waals surface area contributed by atoms with E-state index in [4.69, 9.17) is 4.74 Å². The highest BCUT2D eigenvalue weighted by Crippen LogP contribution is 2.27. The van der Waals surface area contributed by atoms with Crippen LogP contribution in [0.5, 0.6) is 5.75 Å². The van der Waals surface area contributed by atoms with Gasteiger partial charge in [0, 0.05) is 37.9 Å². The van der Waals surface area contributed by atoms with Crippen molar-refractivity contribution in [2.75, 3.05) is 33.3 Å². The van der Waals surface area contributed by atoms with Gasteiger partial charge in [0.25, 0.3) is 5.91 Å². The van der Waals surface area contributed by atoms with E-state index >= 15 is 0 Å². The average molecular weight is 386 g/mol. The number of piperidine rings is 2. The fourth-order valence-electron chi connectivity index (χ4n) is 4.40. The van der Waals surface area contributed by atoms with Crippen LogP contribution < -0.4 is 10.1 Å². The van der Waals surface area contributed by atoms with Gasteiger partial charge in [0.05, 0.1) is 13.0 Å². The molecule has 0 aromatic carbocycles. The number of pyridine rings is 1. The number of rotatable bonds is 5. The second-order valence-corrected chi connectivity index (χ2v) is 8.19. The van der Waals surface area contributed by atoms with E-state index in [1.807, 2.05) is 4.90 Å². The fourth-order valence-corrected chi connectivity index (χ4v) is 4.40. The highest BCUT2D eigenvalue weighted by atomic mass is 16.5. The van der Waals surface area contributed by atoms with Crippen molar-refractivity contribution in [1.82, 2.24) is 20.1 Å². The molecule has 7 heteroatoms. The van der Waals surface area contributed by atoms with Gasteiger partial charge in [0.2, 0.25) is 5.91 Å². The summed E-state index contributed by atoms with van der Waals surface area (Å²) in [6.07, 6.45) is 7.85. The van der Waals surface area contributed by atoms with Gasteiger partial charge in [0.15, 0.2) is 5.69 Å². The Morgan fingerprint density at radius 2 is 1.93 bits per heavy atom. The number of methoxy groups -OCH3 is 1. The van der Waals surface area contributed by atoms with E-state index in [2.05, 4.69) is 15.2 Å². The van der Waals surface area contributed by atoms with Crippen LogP contribution in [0.2, 0.25) is 0 Å². The van der Waals surface area contributed by atoms with Crippen LogP contribution in [0.1, 0.15) is 49.0 Å². The number of carbonyl (C=O) groups is 2.